The van der Waals surface area contributed by atoms with Gasteiger partial charge in [-0.1, -0.05) is 0 Å². The third kappa shape index (κ3) is 3.59. The second-order valence-corrected chi connectivity index (χ2v) is 7.83. The molecule has 8 heteroatoms. The quantitative estimate of drug-likeness (QED) is 0.694. The minimum Gasteiger partial charge on any atom is -0.486 e. The van der Waals surface area contributed by atoms with Gasteiger partial charge in [-0.05, 0) is 56.3 Å². The van der Waals surface area contributed by atoms with Gasteiger partial charge in [0.15, 0.2) is 11.5 Å². The lowest BCUT2D eigenvalue weighted by Crippen LogP contribution is -2.45. The number of aromatic amines is 1. The highest BCUT2D eigenvalue weighted by molar-refractivity contribution is 5.95. The standard InChI is InChI=1S/C22H23FN4O3/c1-27-7-6-15(12-18(27)21-25-16-4-3-14(23)11-17(16)26-21)24-22(28)13-2-5-19-20(10-13)30-9-8-29-19/h2-5,10-11,15,18H,6-9,12H2,1H3,(H,24,28)(H,25,26). The van der Waals surface area contributed by atoms with Crippen LogP contribution >= 0.6 is 0 Å². The number of nitrogens with zero attached hydrogens (tertiary/aromatic N) is 2. The second kappa shape index (κ2) is 7.60. The van der Waals surface area contributed by atoms with Gasteiger partial charge in [0.2, 0.25) is 0 Å². The number of fused-ring (bicyclic) bond motifs is 2. The topological polar surface area (TPSA) is 79.5 Å². The van der Waals surface area contributed by atoms with Crippen molar-refractivity contribution < 1.29 is 18.7 Å². The molecule has 3 aromatic rings. The lowest BCUT2D eigenvalue weighted by Gasteiger charge is -2.36. The van der Waals surface area contributed by atoms with E-state index in [-0.39, 0.29) is 23.8 Å². The number of aromatic nitrogens is 2. The van der Waals surface area contributed by atoms with E-state index in [1.54, 1.807) is 24.3 Å². The summed E-state index contributed by atoms with van der Waals surface area (Å²) in [5, 5.41) is 3.14. The number of rotatable bonds is 3. The Labute approximate surface area is 173 Å². The van der Waals surface area contributed by atoms with Gasteiger partial charge < -0.3 is 19.8 Å². The molecule has 2 atom stereocenters. The highest BCUT2D eigenvalue weighted by Gasteiger charge is 2.30. The third-order valence-corrected chi connectivity index (χ3v) is 5.79. The van der Waals surface area contributed by atoms with Crippen molar-refractivity contribution in [2.24, 2.45) is 0 Å². The normalized spacial score (nSPS) is 21.5. The largest absolute Gasteiger partial charge is 0.486 e. The van der Waals surface area contributed by atoms with E-state index >= 15 is 0 Å². The van der Waals surface area contributed by atoms with Gasteiger partial charge in [-0.25, -0.2) is 9.37 Å². The Morgan fingerprint density at radius 2 is 2.03 bits per heavy atom. The number of halogens is 1. The predicted molar refractivity (Wildman–Crippen MR) is 109 cm³/mol. The lowest BCUT2D eigenvalue weighted by molar-refractivity contribution is 0.0883. The number of H-pyrrole nitrogens is 1. The van der Waals surface area contributed by atoms with Crippen LogP contribution in [-0.4, -0.2) is 53.6 Å². The van der Waals surface area contributed by atoms with Crippen molar-refractivity contribution in [3.8, 4) is 11.5 Å². The summed E-state index contributed by atoms with van der Waals surface area (Å²) in [5.41, 5.74) is 1.97. The molecule has 2 N–H and O–H groups in total. The van der Waals surface area contributed by atoms with Crippen LogP contribution in [0.1, 0.15) is 35.1 Å². The Bertz CT molecular complexity index is 1100. The van der Waals surface area contributed by atoms with Gasteiger partial charge in [-0.3, -0.25) is 9.69 Å². The van der Waals surface area contributed by atoms with Crippen LogP contribution < -0.4 is 14.8 Å². The van der Waals surface area contributed by atoms with Crippen LogP contribution in [0.15, 0.2) is 36.4 Å². The van der Waals surface area contributed by atoms with Crippen molar-refractivity contribution in [2.45, 2.75) is 24.9 Å². The molecule has 0 spiro atoms. The zero-order valence-corrected chi connectivity index (χ0v) is 16.7. The monoisotopic (exact) mass is 410 g/mol. The smallest absolute Gasteiger partial charge is 0.251 e. The number of carbonyl (C=O) groups is 1. The van der Waals surface area contributed by atoms with E-state index in [0.29, 0.717) is 35.8 Å². The first-order valence-corrected chi connectivity index (χ1v) is 10.1. The molecule has 1 fully saturated rings. The maximum absolute atomic E-state index is 13.5. The fourth-order valence-corrected chi connectivity index (χ4v) is 4.15. The van der Waals surface area contributed by atoms with Crippen LogP contribution in [0.25, 0.3) is 11.0 Å². The molecule has 5 rings (SSSR count). The summed E-state index contributed by atoms with van der Waals surface area (Å²) in [6.07, 6.45) is 1.56. The maximum atomic E-state index is 13.5. The molecule has 0 aliphatic carbocycles. The zero-order chi connectivity index (χ0) is 20.7. The molecule has 2 aliphatic heterocycles. The van der Waals surface area contributed by atoms with E-state index in [0.717, 1.165) is 30.7 Å². The minimum atomic E-state index is -0.292. The Morgan fingerprint density at radius 3 is 2.90 bits per heavy atom. The van der Waals surface area contributed by atoms with Crippen LogP contribution in [0.4, 0.5) is 4.39 Å². The van der Waals surface area contributed by atoms with Gasteiger partial charge in [0, 0.05) is 18.2 Å². The van der Waals surface area contributed by atoms with Gasteiger partial charge in [0.1, 0.15) is 24.9 Å². The number of ether oxygens (including phenoxy) is 2. The number of imidazole rings is 1. The molecule has 0 radical (unpaired) electrons. The van der Waals surface area contributed by atoms with E-state index in [2.05, 4.69) is 20.2 Å². The summed E-state index contributed by atoms with van der Waals surface area (Å²) in [5.74, 6) is 1.63. The fraction of sp³-hybridized carbons (Fsp3) is 0.364. The molecule has 0 bridgehead atoms. The number of benzene rings is 2. The third-order valence-electron chi connectivity index (χ3n) is 5.79. The van der Waals surface area contributed by atoms with E-state index in [4.69, 9.17) is 9.47 Å². The average molecular weight is 410 g/mol. The number of amides is 1. The van der Waals surface area contributed by atoms with E-state index in [1.165, 1.54) is 12.1 Å². The molecule has 1 amide bonds. The Kier molecular flexibility index (Phi) is 4.78. The van der Waals surface area contributed by atoms with Crippen LogP contribution in [-0.2, 0) is 0 Å². The van der Waals surface area contributed by atoms with Crippen molar-refractivity contribution in [2.75, 3.05) is 26.8 Å². The van der Waals surface area contributed by atoms with Gasteiger partial charge >= 0.3 is 0 Å². The van der Waals surface area contributed by atoms with Crippen molar-refractivity contribution >= 4 is 16.9 Å². The van der Waals surface area contributed by atoms with Gasteiger partial charge in [-0.15, -0.1) is 0 Å². The molecule has 0 saturated carbocycles. The number of piperidine rings is 1. The fourth-order valence-electron chi connectivity index (χ4n) is 4.15. The molecule has 2 aliphatic rings. The number of hydrogen-bond donors (Lipinski definition) is 2. The van der Waals surface area contributed by atoms with Crippen molar-refractivity contribution in [1.82, 2.24) is 20.2 Å². The number of nitrogens with one attached hydrogen (secondary N) is 2. The molecule has 2 aromatic carbocycles. The van der Waals surface area contributed by atoms with Crippen molar-refractivity contribution in [1.29, 1.82) is 0 Å². The van der Waals surface area contributed by atoms with Crippen LogP contribution in [0.5, 0.6) is 11.5 Å². The van der Waals surface area contributed by atoms with E-state index in [9.17, 15) is 9.18 Å². The Hall–Kier alpha value is -3.13. The van der Waals surface area contributed by atoms with Crippen molar-refractivity contribution in [3.05, 3.63) is 53.6 Å². The second-order valence-electron chi connectivity index (χ2n) is 7.83. The van der Waals surface area contributed by atoms with E-state index in [1.807, 2.05) is 7.05 Å². The molecular weight excluding hydrogens is 387 g/mol. The molecule has 3 heterocycles. The SMILES string of the molecule is CN1CCC(NC(=O)c2ccc3c(c2)OCCO3)CC1c1nc2ccc(F)cc2[nH]1. The summed E-state index contributed by atoms with van der Waals surface area (Å²) in [6.45, 7) is 1.82. The van der Waals surface area contributed by atoms with Crippen LogP contribution in [0, 0.1) is 5.82 Å². The summed E-state index contributed by atoms with van der Waals surface area (Å²) < 4.78 is 24.6. The first kappa shape index (κ1) is 18.9. The Balaban J connectivity index is 1.31. The molecule has 2 unspecified atom stereocenters. The van der Waals surface area contributed by atoms with E-state index < -0.39 is 0 Å². The van der Waals surface area contributed by atoms with Crippen molar-refractivity contribution in [3.63, 3.8) is 0 Å². The highest BCUT2D eigenvalue weighted by Crippen LogP contribution is 2.32. The maximum Gasteiger partial charge on any atom is 0.251 e. The molecule has 30 heavy (non-hydrogen) atoms. The molecule has 7 nitrogen and oxygen atoms in total. The first-order valence-electron chi connectivity index (χ1n) is 10.1. The Morgan fingerprint density at radius 1 is 1.20 bits per heavy atom. The van der Waals surface area contributed by atoms with Crippen LogP contribution in [0.3, 0.4) is 0 Å². The number of likely N-dealkylation sites (tertiary alicyclic amines) is 1. The van der Waals surface area contributed by atoms with Gasteiger partial charge in [0.25, 0.3) is 5.91 Å². The lowest BCUT2D eigenvalue weighted by atomic mass is 9.96. The number of hydrogen-bond acceptors (Lipinski definition) is 5. The summed E-state index contributed by atoms with van der Waals surface area (Å²) in [6, 6.07) is 9.82. The number of carbonyl (C=O) groups excluding carboxylic acids is 1. The highest BCUT2D eigenvalue weighted by atomic mass is 19.1. The molecule has 1 aromatic heterocycles. The molecular formula is C22H23FN4O3. The molecule has 1 saturated heterocycles. The van der Waals surface area contributed by atoms with Gasteiger partial charge in [0.05, 0.1) is 17.1 Å². The zero-order valence-electron chi connectivity index (χ0n) is 16.7. The van der Waals surface area contributed by atoms with Gasteiger partial charge in [-0.2, -0.15) is 0 Å². The first-order chi connectivity index (χ1) is 14.6. The summed E-state index contributed by atoms with van der Waals surface area (Å²) in [4.78, 5) is 22.9. The predicted octanol–water partition coefficient (Wildman–Crippen LogP) is 3.04. The summed E-state index contributed by atoms with van der Waals surface area (Å²) in [7, 11) is 2.04. The summed E-state index contributed by atoms with van der Waals surface area (Å²) >= 11 is 0. The average Bonchev–Trinajstić information content (AvgIpc) is 3.17. The molecule has 156 valence electrons. The van der Waals surface area contributed by atoms with Crippen LogP contribution in [0.2, 0.25) is 0 Å². The minimum absolute atomic E-state index is 0.0110.